The van der Waals surface area contributed by atoms with Crippen molar-refractivity contribution >= 4 is 22.9 Å². The van der Waals surface area contributed by atoms with Crippen LogP contribution in [0.3, 0.4) is 0 Å². The first-order valence-electron chi connectivity index (χ1n) is 8.84. The fourth-order valence-corrected chi connectivity index (χ4v) is 4.17. The third-order valence-electron chi connectivity index (χ3n) is 4.58. The van der Waals surface area contributed by atoms with Crippen molar-refractivity contribution in [1.29, 1.82) is 0 Å². The molecule has 0 bridgehead atoms. The third-order valence-corrected chi connectivity index (χ3v) is 5.65. The molecule has 5 heteroatoms. The highest BCUT2D eigenvalue weighted by Crippen LogP contribution is 2.37. The Morgan fingerprint density at radius 2 is 1.82 bits per heavy atom. The molecule has 0 fully saturated rings. The van der Waals surface area contributed by atoms with E-state index in [-0.39, 0.29) is 5.56 Å². The van der Waals surface area contributed by atoms with E-state index < -0.39 is 11.7 Å². The van der Waals surface area contributed by atoms with Gasteiger partial charge in [-0.2, -0.15) is 0 Å². The van der Waals surface area contributed by atoms with Gasteiger partial charge in [0.15, 0.2) is 0 Å². The molecule has 28 heavy (non-hydrogen) atoms. The number of carbonyl (C=O) groups excluding carboxylic acids is 1. The molecule has 1 N–H and O–H groups in total. The van der Waals surface area contributed by atoms with Gasteiger partial charge in [0, 0.05) is 10.6 Å². The monoisotopic (exact) mass is 391 g/mol. The number of hydrogen-bond donors (Lipinski definition) is 1. The van der Waals surface area contributed by atoms with Crippen molar-refractivity contribution in [1.82, 2.24) is 0 Å². The molecule has 3 nitrogen and oxygen atoms in total. The summed E-state index contributed by atoms with van der Waals surface area (Å²) in [6.07, 6.45) is 1.67. The molecule has 0 aliphatic heterocycles. The highest BCUT2D eigenvalue weighted by Gasteiger charge is 2.15. The van der Waals surface area contributed by atoms with Crippen LogP contribution in [0.1, 0.15) is 20.8 Å². The lowest BCUT2D eigenvalue weighted by atomic mass is 10.1. The van der Waals surface area contributed by atoms with Gasteiger partial charge in [-0.3, -0.25) is 4.79 Å². The van der Waals surface area contributed by atoms with Crippen LogP contribution in [0.2, 0.25) is 0 Å². The highest BCUT2D eigenvalue weighted by molar-refractivity contribution is 7.15. The summed E-state index contributed by atoms with van der Waals surface area (Å²) < 4.78 is 19.5. The van der Waals surface area contributed by atoms with E-state index in [0.717, 1.165) is 21.8 Å². The summed E-state index contributed by atoms with van der Waals surface area (Å²) in [5, 5.41) is 2.77. The van der Waals surface area contributed by atoms with Gasteiger partial charge in [0.2, 0.25) is 0 Å². The average Bonchev–Trinajstić information content (AvgIpc) is 3.32. The van der Waals surface area contributed by atoms with Gasteiger partial charge in [-0.25, -0.2) is 4.39 Å². The van der Waals surface area contributed by atoms with Crippen molar-refractivity contribution in [2.24, 2.45) is 0 Å². The summed E-state index contributed by atoms with van der Waals surface area (Å²) in [5.41, 5.74) is 3.47. The molecular formula is C23H18FNO2S. The van der Waals surface area contributed by atoms with Crippen molar-refractivity contribution < 1.29 is 13.6 Å². The molecule has 4 aromatic rings. The molecule has 0 unspecified atom stereocenters. The van der Waals surface area contributed by atoms with Crippen LogP contribution in [0.25, 0.3) is 21.8 Å². The number of benzene rings is 2. The van der Waals surface area contributed by atoms with E-state index in [4.69, 9.17) is 4.42 Å². The number of carbonyl (C=O) groups is 1. The summed E-state index contributed by atoms with van der Waals surface area (Å²) in [6.45, 7) is 3.79. The molecule has 0 saturated heterocycles. The molecule has 2 heterocycles. The predicted octanol–water partition coefficient (Wildman–Crippen LogP) is 6.68. The Balaban J connectivity index is 1.56. The van der Waals surface area contributed by atoms with E-state index in [1.54, 1.807) is 36.7 Å². The normalized spacial score (nSPS) is 10.8. The van der Waals surface area contributed by atoms with E-state index in [0.29, 0.717) is 11.3 Å². The van der Waals surface area contributed by atoms with Gasteiger partial charge < -0.3 is 9.73 Å². The minimum Gasteiger partial charge on any atom is -0.464 e. The van der Waals surface area contributed by atoms with Crippen molar-refractivity contribution in [2.75, 3.05) is 5.32 Å². The molecular weight excluding hydrogens is 373 g/mol. The van der Waals surface area contributed by atoms with E-state index in [9.17, 15) is 9.18 Å². The van der Waals surface area contributed by atoms with E-state index in [2.05, 4.69) is 18.3 Å². The smallest absolute Gasteiger partial charge is 0.258 e. The number of thiophene rings is 1. The summed E-state index contributed by atoms with van der Waals surface area (Å²) in [5.74, 6) is -0.118. The fourth-order valence-electron chi connectivity index (χ4n) is 3.16. The Hall–Kier alpha value is -3.18. The van der Waals surface area contributed by atoms with Crippen molar-refractivity contribution in [3.63, 3.8) is 0 Å². The van der Waals surface area contributed by atoms with Gasteiger partial charge >= 0.3 is 0 Å². The fraction of sp³-hybridized carbons (Fsp3) is 0.0870. The molecule has 0 spiro atoms. The van der Waals surface area contributed by atoms with Crippen molar-refractivity contribution in [3.8, 4) is 21.8 Å². The lowest BCUT2D eigenvalue weighted by molar-refractivity contribution is 0.102. The van der Waals surface area contributed by atoms with Crippen LogP contribution in [0.4, 0.5) is 10.1 Å². The molecule has 2 aromatic carbocycles. The molecule has 1 amide bonds. The first-order chi connectivity index (χ1) is 13.5. The molecule has 0 radical (unpaired) electrons. The number of rotatable bonds is 4. The molecule has 0 aliphatic carbocycles. The van der Waals surface area contributed by atoms with Crippen LogP contribution in [-0.2, 0) is 0 Å². The van der Waals surface area contributed by atoms with Crippen LogP contribution in [-0.4, -0.2) is 5.91 Å². The second-order valence-corrected chi connectivity index (χ2v) is 7.78. The standard InChI is InChI=1S/C23H18FNO2S/c1-14-5-3-6-19(24)22(14)23(26)25-17-10-8-16(9-11-17)18-13-21(28-15(18)2)20-7-4-12-27-20/h3-13H,1-2H3,(H,25,26). The highest BCUT2D eigenvalue weighted by atomic mass is 32.1. The van der Waals surface area contributed by atoms with Crippen LogP contribution in [0, 0.1) is 19.7 Å². The minimum absolute atomic E-state index is 0.0725. The molecule has 2 aromatic heterocycles. The average molecular weight is 391 g/mol. The maximum atomic E-state index is 14.0. The Morgan fingerprint density at radius 3 is 2.50 bits per heavy atom. The van der Waals surface area contributed by atoms with Gasteiger partial charge in [-0.05, 0) is 66.9 Å². The number of nitrogens with one attached hydrogen (secondary N) is 1. The van der Waals surface area contributed by atoms with Crippen LogP contribution in [0.5, 0.6) is 0 Å². The number of furan rings is 1. The van der Waals surface area contributed by atoms with Gasteiger partial charge in [-0.15, -0.1) is 11.3 Å². The minimum atomic E-state index is -0.520. The summed E-state index contributed by atoms with van der Waals surface area (Å²) in [4.78, 5) is 14.7. The van der Waals surface area contributed by atoms with E-state index in [1.165, 1.54) is 10.9 Å². The molecule has 0 saturated carbocycles. The van der Waals surface area contributed by atoms with Crippen molar-refractivity contribution in [3.05, 3.63) is 88.7 Å². The number of hydrogen-bond acceptors (Lipinski definition) is 3. The topological polar surface area (TPSA) is 42.2 Å². The summed E-state index contributed by atoms with van der Waals surface area (Å²) in [7, 11) is 0. The number of aryl methyl sites for hydroxylation is 2. The van der Waals surface area contributed by atoms with Crippen LogP contribution >= 0.6 is 11.3 Å². The SMILES string of the molecule is Cc1cccc(F)c1C(=O)Nc1ccc(-c2cc(-c3ccco3)sc2C)cc1. The molecule has 0 atom stereocenters. The van der Waals surface area contributed by atoms with E-state index >= 15 is 0 Å². The quantitative estimate of drug-likeness (QED) is 0.421. The number of anilines is 1. The Morgan fingerprint density at radius 1 is 1.04 bits per heavy atom. The number of amides is 1. The first kappa shape index (κ1) is 18.2. The Kier molecular flexibility index (Phi) is 4.84. The van der Waals surface area contributed by atoms with Crippen LogP contribution < -0.4 is 5.32 Å². The Bertz CT molecular complexity index is 1110. The third kappa shape index (κ3) is 3.49. The van der Waals surface area contributed by atoms with Gasteiger partial charge in [-0.1, -0.05) is 24.3 Å². The van der Waals surface area contributed by atoms with E-state index in [1.807, 2.05) is 36.4 Å². The number of halogens is 1. The summed E-state index contributed by atoms with van der Waals surface area (Å²) >= 11 is 1.68. The first-order valence-corrected chi connectivity index (χ1v) is 9.66. The molecule has 140 valence electrons. The predicted molar refractivity (Wildman–Crippen MR) is 111 cm³/mol. The van der Waals surface area contributed by atoms with Gasteiger partial charge in [0.05, 0.1) is 16.7 Å². The second kappa shape index (κ2) is 7.44. The zero-order valence-electron chi connectivity index (χ0n) is 15.5. The largest absolute Gasteiger partial charge is 0.464 e. The Labute approximate surface area is 166 Å². The zero-order valence-corrected chi connectivity index (χ0v) is 16.3. The van der Waals surface area contributed by atoms with Crippen LogP contribution in [0.15, 0.2) is 71.3 Å². The lowest BCUT2D eigenvalue weighted by Gasteiger charge is -2.09. The maximum absolute atomic E-state index is 14.0. The zero-order chi connectivity index (χ0) is 19.7. The molecule has 0 aliphatic rings. The summed E-state index contributed by atoms with van der Waals surface area (Å²) in [6, 6.07) is 18.1. The second-order valence-electron chi connectivity index (χ2n) is 6.52. The van der Waals surface area contributed by atoms with Gasteiger partial charge in [0.1, 0.15) is 11.6 Å². The maximum Gasteiger partial charge on any atom is 0.258 e. The molecule has 4 rings (SSSR count). The lowest BCUT2D eigenvalue weighted by Crippen LogP contribution is -2.15. The van der Waals surface area contributed by atoms with Gasteiger partial charge in [0.25, 0.3) is 5.91 Å². The van der Waals surface area contributed by atoms with Crippen molar-refractivity contribution in [2.45, 2.75) is 13.8 Å².